The first kappa shape index (κ1) is 63.3. The van der Waals surface area contributed by atoms with Gasteiger partial charge < -0.3 is 49.4 Å². The smallest absolute Gasteiger partial charge is 0.409 e. The third kappa shape index (κ3) is 18.1. The van der Waals surface area contributed by atoms with Crippen molar-refractivity contribution in [2.75, 3.05) is 55.1 Å². The molecule has 0 radical (unpaired) electrons. The van der Waals surface area contributed by atoms with Gasteiger partial charge in [0.25, 0.3) is 0 Å². The summed E-state index contributed by atoms with van der Waals surface area (Å²) in [7, 11) is 11.3. The van der Waals surface area contributed by atoms with Crippen molar-refractivity contribution < 1.29 is 43.2 Å². The number of hydrogen-bond acceptors (Lipinski definition) is 15. The number of likely N-dealkylation sites (tertiary alicyclic amines) is 1. The average molecular weight is 1060 g/mol. The van der Waals surface area contributed by atoms with Crippen LogP contribution >= 0.6 is 21.6 Å². The second-order valence-electron chi connectivity index (χ2n) is 20.7. The summed E-state index contributed by atoms with van der Waals surface area (Å²) in [5, 5.41) is 18.3. The van der Waals surface area contributed by atoms with E-state index in [9.17, 15) is 24.3 Å². The van der Waals surface area contributed by atoms with Gasteiger partial charge in [-0.3, -0.25) is 14.4 Å². The number of likely N-dealkylation sites (N-methyl/N-ethyl adjacent to an activating group) is 2. The molecule has 73 heavy (non-hydrogen) atoms. The molecule has 1 fully saturated rings. The molecule has 0 unspecified atom stereocenters. The van der Waals surface area contributed by atoms with E-state index in [2.05, 4.69) is 34.4 Å². The minimum atomic E-state index is -0.892. The highest BCUT2D eigenvalue weighted by molar-refractivity contribution is 8.82. The Balaban J connectivity index is 1.69. The van der Waals surface area contributed by atoms with Crippen LogP contribution < -0.4 is 15.4 Å². The van der Waals surface area contributed by atoms with E-state index in [0.29, 0.717) is 49.6 Å². The molecule has 1 saturated heterocycles. The summed E-state index contributed by atoms with van der Waals surface area (Å²) in [4.78, 5) is 75.2. The topological polar surface area (TPSA) is 197 Å². The zero-order valence-electron chi connectivity index (χ0n) is 47.0. The summed E-state index contributed by atoms with van der Waals surface area (Å²) in [6, 6.07) is 7.25. The fraction of sp³-hybridized carbons (Fsp3) is 0.722. The Hall–Kier alpha value is -4.01. The minimum Gasteiger partial charge on any atom is -0.467 e. The molecule has 10 atom stereocenters. The summed E-state index contributed by atoms with van der Waals surface area (Å²) in [6.07, 6.45) is 2.67. The molecule has 4 amide bonds. The normalized spacial score (nSPS) is 18.1. The second-order valence-corrected chi connectivity index (χ2v) is 23.6. The first-order valence-electron chi connectivity index (χ1n) is 26.1. The number of rotatable bonds is 29. The lowest BCUT2D eigenvalue weighted by molar-refractivity contribution is -0.147. The van der Waals surface area contributed by atoms with Crippen molar-refractivity contribution in [2.45, 2.75) is 175 Å². The van der Waals surface area contributed by atoms with Crippen LogP contribution in [0.1, 0.15) is 133 Å². The maximum Gasteiger partial charge on any atom is 0.409 e. The molecular weight excluding hydrogens is 969 g/mol. The van der Waals surface area contributed by atoms with Gasteiger partial charge in [0, 0.05) is 47.4 Å². The number of aliphatic hydroxyl groups is 1. The molecule has 19 heteroatoms. The minimum absolute atomic E-state index is 0.0271. The van der Waals surface area contributed by atoms with Gasteiger partial charge in [0.05, 0.1) is 83.6 Å². The van der Waals surface area contributed by atoms with Crippen molar-refractivity contribution >= 4 is 56.1 Å². The van der Waals surface area contributed by atoms with Gasteiger partial charge in [0.15, 0.2) is 0 Å². The lowest BCUT2D eigenvalue weighted by Crippen LogP contribution is -2.58. The fourth-order valence-electron chi connectivity index (χ4n) is 9.37. The van der Waals surface area contributed by atoms with Crippen molar-refractivity contribution in [3.8, 4) is 6.01 Å². The molecule has 3 rings (SSSR count). The molecule has 412 valence electrons. The lowest BCUT2D eigenvalue weighted by atomic mass is 9.89. The molecule has 2 aromatic rings. The van der Waals surface area contributed by atoms with Crippen LogP contribution in [0, 0.1) is 23.7 Å². The van der Waals surface area contributed by atoms with Crippen molar-refractivity contribution in [3.05, 3.63) is 47.8 Å². The molecule has 1 aliphatic heterocycles. The third-order valence-corrected chi connectivity index (χ3v) is 17.5. The highest BCUT2D eigenvalue weighted by Crippen LogP contribution is 2.39. The summed E-state index contributed by atoms with van der Waals surface area (Å²) < 4.78 is 22.8. The average Bonchev–Trinajstić information content (AvgIpc) is 3.87. The monoisotopic (exact) mass is 1060 g/mol. The number of carbonyl (C=O) groups excluding carboxylic acids is 4. The Kier molecular flexibility index (Phi) is 26.5. The van der Waals surface area contributed by atoms with Gasteiger partial charge in [-0.15, -0.1) is 0 Å². The van der Waals surface area contributed by atoms with E-state index in [4.69, 9.17) is 23.9 Å². The number of amides is 4. The van der Waals surface area contributed by atoms with Crippen LogP contribution in [0.15, 0.2) is 41.5 Å². The number of aliphatic hydroxyl groups excluding tert-OH is 1. The standard InChI is InChI=1S/C54H90N8O9S2/c1-18-35(8)47(43(68-15)29-45(63)62-28-24-27-41(62)49(69-16)36(9)50(65)57-37(10)48(64)38-25-22-21-23-26-38)61(14)51(66)46(34(6)7)55-31-42(33(4)5)60(13)53(67)71-32-54(11,12)73-72-44(20-3)58-40-30-56-52(70-17)59-39(40)19-2/h21-23,25-26,30,33-37,41-43,46-49,55,64H,18-20,24,27-29,31-32H2,1-17H3,(H,57,65)/b58-44+/t35-,36+,37+,41-,42+,43+,46-,47-,48+,49+/m0/s1. The Morgan fingerprint density at radius 3 is 2.19 bits per heavy atom. The summed E-state index contributed by atoms with van der Waals surface area (Å²) >= 11 is 0. The molecule has 0 aliphatic carbocycles. The van der Waals surface area contributed by atoms with Gasteiger partial charge >= 0.3 is 12.1 Å². The molecule has 1 aromatic heterocycles. The molecule has 1 aliphatic rings. The van der Waals surface area contributed by atoms with Crippen LogP contribution in [-0.2, 0) is 35.0 Å². The number of aromatic nitrogens is 2. The van der Waals surface area contributed by atoms with Gasteiger partial charge in [0.1, 0.15) is 12.3 Å². The molecule has 0 bridgehead atoms. The van der Waals surface area contributed by atoms with Crippen LogP contribution in [0.3, 0.4) is 0 Å². The summed E-state index contributed by atoms with van der Waals surface area (Å²) in [6.45, 7) is 24.9. The number of carbonyl (C=O) groups is 4. The van der Waals surface area contributed by atoms with Crippen LogP contribution in [0.2, 0.25) is 0 Å². The predicted molar refractivity (Wildman–Crippen MR) is 294 cm³/mol. The Morgan fingerprint density at radius 2 is 1.63 bits per heavy atom. The maximum absolute atomic E-state index is 14.7. The zero-order chi connectivity index (χ0) is 54.7. The SMILES string of the molecule is CC/C(=N\c1cnc(OC)nc1CC)SSC(C)(C)COC(=O)N(C)[C@H](CN[C@H](C(=O)N(C)[C@@H]([C@@H](C)CC)[C@@H](CC(=O)N1CCC[C@H]1[C@H](OC)[C@@H](C)C(=O)N[C@H](C)[C@@H](O)c1ccccc1)OC)C(C)C)C(C)C. The van der Waals surface area contributed by atoms with E-state index >= 15 is 0 Å². The van der Waals surface area contributed by atoms with Gasteiger partial charge in [-0.25, -0.2) is 14.8 Å². The highest BCUT2D eigenvalue weighted by Gasteiger charge is 2.43. The molecule has 2 heterocycles. The van der Waals surface area contributed by atoms with Crippen molar-refractivity contribution in [3.63, 3.8) is 0 Å². The Morgan fingerprint density at radius 1 is 0.959 bits per heavy atom. The largest absolute Gasteiger partial charge is 0.467 e. The van der Waals surface area contributed by atoms with E-state index in [1.54, 1.807) is 79.7 Å². The first-order chi connectivity index (χ1) is 34.5. The van der Waals surface area contributed by atoms with Gasteiger partial charge in [-0.05, 0) is 80.6 Å². The number of hydrogen-bond donors (Lipinski definition) is 3. The second kappa shape index (κ2) is 30.5. The fourth-order valence-corrected chi connectivity index (χ4v) is 11.6. The number of ether oxygens (including phenoxy) is 4. The van der Waals surface area contributed by atoms with E-state index in [0.717, 1.165) is 23.6 Å². The molecule has 3 N–H and O–H groups in total. The lowest BCUT2D eigenvalue weighted by Gasteiger charge is -2.41. The molecule has 0 spiro atoms. The quantitative estimate of drug-likeness (QED) is 0.0398. The van der Waals surface area contributed by atoms with Crippen LogP contribution in [0.25, 0.3) is 0 Å². The van der Waals surface area contributed by atoms with E-state index in [1.807, 2.05) is 90.6 Å². The molecule has 17 nitrogen and oxygen atoms in total. The molecule has 0 saturated carbocycles. The Bertz CT molecular complexity index is 2070. The number of aliphatic imine (C=N–C) groups is 1. The third-order valence-electron chi connectivity index (χ3n) is 14.1. The van der Waals surface area contributed by atoms with Crippen LogP contribution in [0.4, 0.5) is 10.5 Å². The number of aryl methyl sites for hydroxylation is 1. The number of methoxy groups -OCH3 is 3. The van der Waals surface area contributed by atoms with E-state index in [-0.39, 0.29) is 60.6 Å². The molecule has 1 aromatic carbocycles. The zero-order valence-corrected chi connectivity index (χ0v) is 48.6. The highest BCUT2D eigenvalue weighted by atomic mass is 33.1. The van der Waals surface area contributed by atoms with Crippen molar-refractivity contribution in [1.29, 1.82) is 0 Å². The number of nitrogens with zero attached hydrogens (tertiary/aromatic N) is 6. The first-order valence-corrected chi connectivity index (χ1v) is 28.3. The summed E-state index contributed by atoms with van der Waals surface area (Å²) in [5.74, 6) is -1.28. The van der Waals surface area contributed by atoms with Crippen LogP contribution in [0.5, 0.6) is 6.01 Å². The van der Waals surface area contributed by atoms with Crippen LogP contribution in [-0.4, -0.2) is 161 Å². The molecular formula is C54H90N8O9S2. The predicted octanol–water partition coefficient (Wildman–Crippen LogP) is 8.51. The van der Waals surface area contributed by atoms with Gasteiger partial charge in [-0.2, -0.15) is 4.98 Å². The van der Waals surface area contributed by atoms with E-state index in [1.165, 1.54) is 7.11 Å². The number of nitrogens with one attached hydrogen (secondary N) is 2. The number of benzene rings is 1. The summed E-state index contributed by atoms with van der Waals surface area (Å²) in [5.41, 5.74) is 2.21. The van der Waals surface area contributed by atoms with Crippen molar-refractivity contribution in [2.24, 2.45) is 28.7 Å². The Labute approximate surface area is 445 Å². The van der Waals surface area contributed by atoms with E-state index < -0.39 is 53.2 Å². The van der Waals surface area contributed by atoms with Gasteiger partial charge in [-0.1, -0.05) is 110 Å². The maximum atomic E-state index is 14.7. The van der Waals surface area contributed by atoms with Crippen molar-refractivity contribution in [1.82, 2.24) is 35.3 Å². The van der Waals surface area contributed by atoms with Gasteiger partial charge in [0.2, 0.25) is 17.7 Å².